The Labute approximate surface area is 429 Å². The molecule has 3 amide bonds. The third-order valence-corrected chi connectivity index (χ3v) is 18.8. The molecule has 4 atom stereocenters. The summed E-state index contributed by atoms with van der Waals surface area (Å²) in [6, 6.07) is 15.3. The first-order valence-corrected chi connectivity index (χ1v) is 27.1. The number of phenols is 1. The SMILES string of the molecule is C#Cc1ccc(CNC(=O)[C@@H]2C[C@@H](O)CN2C(=O)[C@@H](NC(=O)C2CCC3(CC2)CC(N2CCC(N4CC5(CC(N6CCN7c8cc(-c9ccccc9O)nnc8NC[C@H]7C6)C5)C4)CC2)C3)C(C)(C)C)c(Cl)c1. The highest BCUT2D eigenvalue weighted by molar-refractivity contribution is 6.31. The molecule has 5 N–H and O–H groups in total. The van der Waals surface area contributed by atoms with Crippen molar-refractivity contribution < 1.29 is 24.6 Å². The molecule has 0 bridgehead atoms. The predicted octanol–water partition coefficient (Wildman–Crippen LogP) is 5.48. The third kappa shape index (κ3) is 9.55. The van der Waals surface area contributed by atoms with Crippen LogP contribution in [-0.2, 0) is 20.9 Å². The third-order valence-electron chi connectivity index (χ3n) is 18.4. The lowest BCUT2D eigenvalue weighted by Crippen LogP contribution is -2.71. The molecule has 0 unspecified atom stereocenters. The average molecular weight is 1000 g/mol. The monoisotopic (exact) mass is 1000 g/mol. The molecule has 5 aliphatic heterocycles. The number of anilines is 2. The van der Waals surface area contributed by atoms with Gasteiger partial charge in [-0.05, 0) is 129 Å². The number of hydrogen-bond acceptors (Lipinski definition) is 12. The molecule has 72 heavy (non-hydrogen) atoms. The molecule has 384 valence electrons. The number of hydrogen-bond donors (Lipinski definition) is 5. The Morgan fingerprint density at radius 1 is 0.861 bits per heavy atom. The van der Waals surface area contributed by atoms with E-state index in [1.165, 1.54) is 69.6 Å². The van der Waals surface area contributed by atoms with Gasteiger partial charge in [-0.3, -0.25) is 24.2 Å². The standard InChI is InChI=1S/C56H73ClN10O5/c1-5-35-10-11-37(44(57)22-35)29-59-52(71)47-23-42(68)32-67(47)53(72)49(54(2,3)4)60-51(70)36-12-16-55(17-13-36)25-39(26-55)63-18-14-38(15-19-63)65-33-56(34-65)27-40(28-56)64-20-21-66-41(31-64)30-58-50-46(66)24-45(61-62-50)43-8-6-7-9-48(43)69/h1,6-11,22,24,36,38-42,47,49,68-69H,12-21,23,25-34H2,2-4H3,(H,58,62)(H,59,71)(H,60,70)/t36?,39?,41-,42+,47-,49+,55?/m0/s1. The van der Waals surface area contributed by atoms with Gasteiger partial charge in [-0.25, -0.2) is 0 Å². The minimum Gasteiger partial charge on any atom is -0.507 e. The summed E-state index contributed by atoms with van der Waals surface area (Å²) in [6.07, 6.45) is 16.1. The maximum atomic E-state index is 14.3. The van der Waals surface area contributed by atoms with Crippen molar-refractivity contribution in [2.75, 3.05) is 69.1 Å². The Balaban J connectivity index is 0.596. The molecule has 0 radical (unpaired) electrons. The minimum absolute atomic E-state index is 0.0275. The minimum atomic E-state index is -0.867. The van der Waals surface area contributed by atoms with E-state index in [0.717, 1.165) is 63.4 Å². The zero-order chi connectivity index (χ0) is 50.1. The van der Waals surface area contributed by atoms with Gasteiger partial charge in [0.05, 0.1) is 23.5 Å². The molecule has 4 saturated heterocycles. The van der Waals surface area contributed by atoms with Gasteiger partial charge < -0.3 is 40.9 Å². The lowest BCUT2D eigenvalue weighted by Gasteiger charge is -2.64. The topological polar surface area (TPSA) is 170 Å². The van der Waals surface area contributed by atoms with Crippen molar-refractivity contribution in [3.05, 3.63) is 64.7 Å². The van der Waals surface area contributed by atoms with Gasteiger partial charge in [0, 0.05) is 99.0 Å². The van der Waals surface area contributed by atoms with E-state index in [9.17, 15) is 24.6 Å². The average Bonchev–Trinajstić information content (AvgIpc) is 3.74. The van der Waals surface area contributed by atoms with Crippen molar-refractivity contribution in [2.24, 2.45) is 22.2 Å². The molecule has 2 spiro atoms. The molecule has 8 aliphatic rings. The van der Waals surface area contributed by atoms with Gasteiger partial charge in [0.15, 0.2) is 5.82 Å². The van der Waals surface area contributed by atoms with Crippen LogP contribution in [0.25, 0.3) is 11.3 Å². The molecule has 15 nitrogen and oxygen atoms in total. The number of para-hydroxylation sites is 1. The molecule has 6 heterocycles. The number of nitrogens with one attached hydrogen (secondary N) is 3. The number of aliphatic hydroxyl groups is 1. The van der Waals surface area contributed by atoms with Gasteiger partial charge in [-0.2, -0.15) is 0 Å². The van der Waals surface area contributed by atoms with E-state index in [2.05, 4.69) is 57.7 Å². The summed E-state index contributed by atoms with van der Waals surface area (Å²) in [6.45, 7) is 14.8. The molecule has 3 aromatic rings. The number of terminal acetylenes is 1. The van der Waals surface area contributed by atoms with E-state index in [-0.39, 0.29) is 48.9 Å². The van der Waals surface area contributed by atoms with Crippen LogP contribution in [0.5, 0.6) is 5.75 Å². The summed E-state index contributed by atoms with van der Waals surface area (Å²) in [7, 11) is 0. The number of fused-ring (bicyclic) bond motifs is 3. The Bertz CT molecular complexity index is 2580. The number of benzene rings is 2. The van der Waals surface area contributed by atoms with Gasteiger partial charge in [-0.15, -0.1) is 16.6 Å². The molecule has 3 saturated carbocycles. The van der Waals surface area contributed by atoms with Gasteiger partial charge >= 0.3 is 0 Å². The van der Waals surface area contributed by atoms with E-state index < -0.39 is 23.6 Å². The van der Waals surface area contributed by atoms with E-state index in [0.29, 0.717) is 62.4 Å². The number of carbonyl (C=O) groups excluding carboxylic acids is 3. The number of aromatic nitrogens is 2. The fourth-order valence-corrected chi connectivity index (χ4v) is 14.4. The van der Waals surface area contributed by atoms with Gasteiger partial charge in [-0.1, -0.05) is 56.5 Å². The lowest BCUT2D eigenvalue weighted by atomic mass is 9.56. The van der Waals surface area contributed by atoms with Crippen LogP contribution in [0.15, 0.2) is 48.5 Å². The van der Waals surface area contributed by atoms with Crippen LogP contribution in [0.1, 0.15) is 103 Å². The van der Waals surface area contributed by atoms with Crippen LogP contribution in [0.3, 0.4) is 0 Å². The number of halogens is 1. The van der Waals surface area contributed by atoms with Gasteiger partial charge in [0.1, 0.15) is 17.8 Å². The first kappa shape index (κ1) is 49.2. The van der Waals surface area contributed by atoms with E-state index in [4.69, 9.17) is 18.0 Å². The number of aromatic hydroxyl groups is 1. The number of amides is 3. The second-order valence-electron chi connectivity index (χ2n) is 24.1. The van der Waals surface area contributed by atoms with Crippen molar-refractivity contribution in [2.45, 2.75) is 140 Å². The summed E-state index contributed by atoms with van der Waals surface area (Å²) in [4.78, 5) is 54.0. The number of phenolic OH excluding ortho intramolecular Hbond substituents is 1. The Morgan fingerprint density at radius 2 is 1.58 bits per heavy atom. The van der Waals surface area contributed by atoms with Crippen molar-refractivity contribution in [3.8, 4) is 29.4 Å². The van der Waals surface area contributed by atoms with Crippen LogP contribution < -0.4 is 20.9 Å². The Morgan fingerprint density at radius 3 is 2.29 bits per heavy atom. The van der Waals surface area contributed by atoms with Gasteiger partial charge in [0.2, 0.25) is 17.7 Å². The Kier molecular flexibility index (Phi) is 13.3. The zero-order valence-electron chi connectivity index (χ0n) is 42.3. The molecule has 16 heteroatoms. The number of β-amino-alcohol motifs (C(OH)–C–C–N with tert-alkyl or cyclic N) is 1. The van der Waals surface area contributed by atoms with E-state index in [1.807, 2.05) is 39.0 Å². The largest absolute Gasteiger partial charge is 0.507 e. The second-order valence-corrected chi connectivity index (χ2v) is 24.6. The fraction of sp³-hybridized carbons (Fsp3) is 0.625. The predicted molar refractivity (Wildman–Crippen MR) is 278 cm³/mol. The number of rotatable bonds is 10. The fourth-order valence-electron chi connectivity index (χ4n) is 14.2. The quantitative estimate of drug-likeness (QED) is 0.163. The second kappa shape index (κ2) is 19.4. The molecule has 1 aromatic heterocycles. The maximum absolute atomic E-state index is 14.3. The number of piperazine rings is 1. The zero-order valence-corrected chi connectivity index (χ0v) is 43.0. The molecular formula is C56H73ClN10O5. The van der Waals surface area contributed by atoms with Crippen molar-refractivity contribution in [1.29, 1.82) is 0 Å². The van der Waals surface area contributed by atoms with E-state index >= 15 is 0 Å². The highest BCUT2D eigenvalue weighted by atomic mass is 35.5. The first-order chi connectivity index (χ1) is 34.6. The number of likely N-dealkylation sites (tertiary alicyclic amines) is 3. The summed E-state index contributed by atoms with van der Waals surface area (Å²) >= 11 is 6.40. The smallest absolute Gasteiger partial charge is 0.246 e. The highest BCUT2D eigenvalue weighted by Gasteiger charge is 2.56. The Hall–Kier alpha value is -4.98. The number of aliphatic hydroxyl groups excluding tert-OH is 1. The first-order valence-electron chi connectivity index (χ1n) is 26.8. The van der Waals surface area contributed by atoms with Crippen molar-refractivity contribution >= 4 is 40.8 Å². The molecule has 7 fully saturated rings. The summed E-state index contributed by atoms with van der Waals surface area (Å²) in [5, 5.41) is 40.1. The molecule has 3 aliphatic carbocycles. The summed E-state index contributed by atoms with van der Waals surface area (Å²) < 4.78 is 0. The maximum Gasteiger partial charge on any atom is 0.246 e. The summed E-state index contributed by atoms with van der Waals surface area (Å²) in [5.74, 6) is 2.64. The number of nitrogens with zero attached hydrogens (tertiary/aromatic N) is 7. The number of carbonyl (C=O) groups is 3. The van der Waals surface area contributed by atoms with Crippen LogP contribution in [-0.4, -0.2) is 159 Å². The van der Waals surface area contributed by atoms with E-state index in [1.54, 1.807) is 24.3 Å². The lowest BCUT2D eigenvalue weighted by molar-refractivity contribution is -0.145. The van der Waals surface area contributed by atoms with Crippen LogP contribution >= 0.6 is 11.6 Å². The van der Waals surface area contributed by atoms with Crippen molar-refractivity contribution in [1.82, 2.24) is 40.4 Å². The highest BCUT2D eigenvalue weighted by Crippen LogP contribution is 2.56. The van der Waals surface area contributed by atoms with Crippen molar-refractivity contribution in [3.63, 3.8) is 0 Å². The number of piperidine rings is 1. The summed E-state index contributed by atoms with van der Waals surface area (Å²) in [5.41, 5.74) is 4.04. The normalized spacial score (nSPS) is 29.2. The molecular weight excluding hydrogens is 928 g/mol. The van der Waals surface area contributed by atoms with Crippen LogP contribution in [0, 0.1) is 34.5 Å². The van der Waals surface area contributed by atoms with Crippen LogP contribution in [0.2, 0.25) is 5.02 Å². The molecule has 2 aromatic carbocycles. The van der Waals surface area contributed by atoms with Gasteiger partial charge in [0.25, 0.3) is 0 Å². The van der Waals surface area contributed by atoms with Crippen LogP contribution in [0.4, 0.5) is 11.5 Å². The molecule has 11 rings (SSSR count).